The molecular weight excluding hydrogens is 653 g/mol. The van der Waals surface area contributed by atoms with E-state index in [9.17, 15) is 39.9 Å². The van der Waals surface area contributed by atoms with Crippen LogP contribution < -0.4 is 10.2 Å². The van der Waals surface area contributed by atoms with Gasteiger partial charge in [-0.25, -0.2) is 0 Å². The van der Waals surface area contributed by atoms with Crippen molar-refractivity contribution in [1.82, 2.24) is 15.0 Å². The Labute approximate surface area is 251 Å². The quantitative estimate of drug-likeness (QED) is 0.0589. The molecular formula is C22H26N6O11S4. The minimum absolute atomic E-state index is 0.0113. The summed E-state index contributed by atoms with van der Waals surface area (Å²) in [6.45, 7) is -0.238. The minimum atomic E-state index is -4.60. The highest BCUT2D eigenvalue weighted by Crippen LogP contribution is 2.33. The Morgan fingerprint density at radius 3 is 2.26 bits per heavy atom. The molecule has 4 N–H and O–H groups in total. The predicted octanol–water partition coefficient (Wildman–Crippen LogP) is 2.05. The normalized spacial score (nSPS) is 12.2. The first kappa shape index (κ1) is 34.0. The Bertz CT molecular complexity index is 1820. The first-order valence-corrected chi connectivity index (χ1v) is 17.7. The second-order valence-electron chi connectivity index (χ2n) is 8.90. The molecule has 1 heterocycles. The lowest BCUT2D eigenvalue weighted by Gasteiger charge is -2.18. The van der Waals surface area contributed by atoms with Crippen LogP contribution in [0.15, 0.2) is 52.3 Å². The third-order valence-corrected chi connectivity index (χ3v) is 9.12. The molecule has 0 atom stereocenters. The molecule has 0 aliphatic carbocycles. The van der Waals surface area contributed by atoms with Crippen LogP contribution in [0.3, 0.4) is 0 Å². The number of nitro benzene ring substituents is 1. The molecule has 43 heavy (non-hydrogen) atoms. The summed E-state index contributed by atoms with van der Waals surface area (Å²) >= 11 is 1.02. The van der Waals surface area contributed by atoms with E-state index in [4.69, 9.17) is 9.11 Å². The SMILES string of the molecule is CN(CCS(=O)(=O)O)c1nc(Cc2ccccc2S(=O)(=O)O)nc(Nc2ccc(SCCCS(=O)(=O)O)c([N+](=O)[O-])c2)n1. The van der Waals surface area contributed by atoms with Crippen molar-refractivity contribution in [1.29, 1.82) is 0 Å². The largest absolute Gasteiger partial charge is 0.343 e. The zero-order valence-electron chi connectivity index (χ0n) is 22.3. The van der Waals surface area contributed by atoms with Crippen LogP contribution in [0.5, 0.6) is 0 Å². The minimum Gasteiger partial charge on any atom is -0.343 e. The van der Waals surface area contributed by atoms with E-state index in [1.165, 1.54) is 54.4 Å². The third kappa shape index (κ3) is 10.9. The van der Waals surface area contributed by atoms with Crippen molar-refractivity contribution in [2.75, 3.05) is 41.1 Å². The van der Waals surface area contributed by atoms with E-state index < -0.39 is 46.8 Å². The van der Waals surface area contributed by atoms with E-state index in [0.29, 0.717) is 0 Å². The molecule has 2 aromatic carbocycles. The fraction of sp³-hybridized carbons (Fsp3) is 0.318. The van der Waals surface area contributed by atoms with Gasteiger partial charge in [0, 0.05) is 31.8 Å². The van der Waals surface area contributed by atoms with Crippen LogP contribution in [0.2, 0.25) is 0 Å². The summed E-state index contributed by atoms with van der Waals surface area (Å²) in [7, 11) is -11.7. The maximum Gasteiger partial charge on any atom is 0.294 e. The van der Waals surface area contributed by atoms with Gasteiger partial charge < -0.3 is 10.2 Å². The highest BCUT2D eigenvalue weighted by Gasteiger charge is 2.20. The fourth-order valence-electron chi connectivity index (χ4n) is 3.55. The Balaban J connectivity index is 1.95. The maximum atomic E-state index is 11.9. The standard InChI is InChI=1S/C22H26N6O11S4/c1-27(9-12-42(34,35)36)22-25-20(13-15-5-2-3-6-19(15)43(37,38)39)24-21(26-22)23-16-7-8-18(17(14-16)28(29)30)40-10-4-11-41(31,32)33/h2-3,5-8,14H,4,9-13H2,1H3,(H,31,32,33)(H,34,35,36)(H,37,38,39)(H,23,24,25,26). The summed E-state index contributed by atoms with van der Waals surface area (Å²) in [5.41, 5.74) is -0.0144. The monoisotopic (exact) mass is 678 g/mol. The van der Waals surface area contributed by atoms with Crippen LogP contribution in [-0.2, 0) is 36.8 Å². The molecule has 0 saturated heterocycles. The number of aromatic nitrogens is 3. The predicted molar refractivity (Wildman–Crippen MR) is 157 cm³/mol. The molecule has 17 nitrogen and oxygen atoms in total. The van der Waals surface area contributed by atoms with E-state index in [0.717, 1.165) is 11.8 Å². The van der Waals surface area contributed by atoms with Crippen LogP contribution in [0.4, 0.5) is 23.3 Å². The topological polar surface area (TPSA) is 260 Å². The van der Waals surface area contributed by atoms with Gasteiger partial charge in [0.2, 0.25) is 11.9 Å². The van der Waals surface area contributed by atoms with Crippen molar-refractivity contribution in [3.05, 3.63) is 64.0 Å². The Kier molecular flexibility index (Phi) is 11.0. The highest BCUT2D eigenvalue weighted by atomic mass is 32.2. The van der Waals surface area contributed by atoms with Gasteiger partial charge in [0.1, 0.15) is 5.82 Å². The lowest BCUT2D eigenvalue weighted by molar-refractivity contribution is -0.387. The highest BCUT2D eigenvalue weighted by molar-refractivity contribution is 7.99. The number of thioether (sulfide) groups is 1. The molecule has 0 aliphatic heterocycles. The molecule has 0 bridgehead atoms. The molecule has 0 radical (unpaired) electrons. The molecule has 0 saturated carbocycles. The van der Waals surface area contributed by atoms with Crippen LogP contribution in [0.25, 0.3) is 0 Å². The van der Waals surface area contributed by atoms with Crippen molar-refractivity contribution in [2.45, 2.75) is 22.6 Å². The van der Waals surface area contributed by atoms with Crippen molar-refractivity contribution in [3.63, 3.8) is 0 Å². The number of hydrogen-bond donors (Lipinski definition) is 4. The molecule has 21 heteroatoms. The van der Waals surface area contributed by atoms with E-state index in [1.807, 2.05) is 0 Å². The number of hydrogen-bond acceptors (Lipinski definition) is 14. The van der Waals surface area contributed by atoms with Crippen molar-refractivity contribution < 1.29 is 43.8 Å². The van der Waals surface area contributed by atoms with E-state index in [2.05, 4.69) is 20.3 Å². The average Bonchev–Trinajstić information content (AvgIpc) is 2.89. The lowest BCUT2D eigenvalue weighted by atomic mass is 10.1. The summed E-state index contributed by atoms with van der Waals surface area (Å²) in [6.07, 6.45) is -0.158. The van der Waals surface area contributed by atoms with Gasteiger partial charge in [0.25, 0.3) is 36.0 Å². The number of nitrogens with one attached hydrogen (secondary N) is 1. The number of rotatable bonds is 15. The lowest BCUT2D eigenvalue weighted by Crippen LogP contribution is -2.27. The van der Waals surface area contributed by atoms with Crippen molar-refractivity contribution >= 4 is 65.4 Å². The first-order chi connectivity index (χ1) is 19.9. The molecule has 0 unspecified atom stereocenters. The smallest absolute Gasteiger partial charge is 0.294 e. The van der Waals surface area contributed by atoms with Crippen LogP contribution in [-0.4, -0.2) is 89.6 Å². The number of anilines is 3. The van der Waals surface area contributed by atoms with Gasteiger partial charge in [0.05, 0.1) is 26.2 Å². The molecule has 3 rings (SSSR count). The molecule has 0 spiro atoms. The van der Waals surface area contributed by atoms with E-state index in [-0.39, 0.29) is 69.6 Å². The van der Waals surface area contributed by atoms with E-state index >= 15 is 0 Å². The first-order valence-electron chi connectivity index (χ1n) is 12.0. The van der Waals surface area contributed by atoms with Crippen molar-refractivity contribution in [2.24, 2.45) is 0 Å². The molecule has 0 fully saturated rings. The summed E-state index contributed by atoms with van der Waals surface area (Å²) in [4.78, 5) is 24.9. The fourth-order valence-corrected chi connectivity index (χ4v) is 6.42. The van der Waals surface area contributed by atoms with Crippen LogP contribution in [0.1, 0.15) is 17.8 Å². The Hall–Kier alpha value is -3.47. The molecule has 3 aromatic rings. The Morgan fingerprint density at radius 2 is 1.63 bits per heavy atom. The number of benzene rings is 2. The summed E-state index contributed by atoms with van der Waals surface area (Å²) in [5.74, 6) is -1.22. The van der Waals surface area contributed by atoms with E-state index in [1.54, 1.807) is 0 Å². The zero-order valence-corrected chi connectivity index (χ0v) is 25.5. The van der Waals surface area contributed by atoms with Crippen LogP contribution >= 0.6 is 11.8 Å². The second-order valence-corrected chi connectivity index (χ2v) is 14.6. The van der Waals surface area contributed by atoms with Crippen molar-refractivity contribution in [3.8, 4) is 0 Å². The second kappa shape index (κ2) is 13.9. The third-order valence-electron chi connectivity index (χ3n) is 5.51. The summed E-state index contributed by atoms with van der Waals surface area (Å²) < 4.78 is 95.6. The van der Waals surface area contributed by atoms with Gasteiger partial charge in [-0.2, -0.15) is 40.2 Å². The number of nitrogens with zero attached hydrogens (tertiary/aromatic N) is 5. The molecule has 234 valence electrons. The zero-order chi connectivity index (χ0) is 32.0. The molecule has 1 aromatic heterocycles. The number of nitro groups is 1. The Morgan fingerprint density at radius 1 is 0.953 bits per heavy atom. The van der Waals surface area contributed by atoms with Gasteiger partial charge in [-0.1, -0.05) is 18.2 Å². The van der Waals surface area contributed by atoms with Gasteiger partial charge in [0.15, 0.2) is 0 Å². The van der Waals surface area contributed by atoms with Gasteiger partial charge in [-0.05, 0) is 35.9 Å². The van der Waals surface area contributed by atoms with Crippen LogP contribution in [0, 0.1) is 10.1 Å². The van der Waals surface area contributed by atoms with Gasteiger partial charge >= 0.3 is 0 Å². The van der Waals surface area contributed by atoms with Gasteiger partial charge in [-0.15, -0.1) is 11.8 Å². The summed E-state index contributed by atoms with van der Waals surface area (Å²) in [6, 6.07) is 9.63. The molecule has 0 aliphatic rings. The maximum absolute atomic E-state index is 11.9. The molecule has 0 amide bonds. The average molecular weight is 679 g/mol. The van der Waals surface area contributed by atoms with Gasteiger partial charge in [-0.3, -0.25) is 23.8 Å². The summed E-state index contributed by atoms with van der Waals surface area (Å²) in [5, 5.41) is 14.5.